The topological polar surface area (TPSA) is 35.8 Å². The van der Waals surface area contributed by atoms with Crippen LogP contribution in [0.4, 0.5) is 20.2 Å². The maximum atomic E-state index is 13.4. The Morgan fingerprint density at radius 3 is 2.33 bits per heavy atom. The summed E-state index contributed by atoms with van der Waals surface area (Å²) in [5, 5.41) is 11.5. The lowest BCUT2D eigenvalue weighted by molar-refractivity contribution is 0.591. The number of para-hydroxylation sites is 1. The number of halogens is 2. The Bertz CT molecular complexity index is 610. The van der Waals surface area contributed by atoms with E-state index in [0.29, 0.717) is 11.3 Å². The molecule has 0 aliphatic carbocycles. The molecule has 0 saturated heterocycles. The molecule has 1 N–H and O–H groups in total. The minimum Gasteiger partial charge on any atom is -0.351 e. The van der Waals surface area contributed by atoms with Crippen LogP contribution in [0.1, 0.15) is 11.1 Å². The average molecular weight is 244 g/mol. The fourth-order valence-electron chi connectivity index (χ4n) is 1.63. The summed E-state index contributed by atoms with van der Waals surface area (Å²) in [6.45, 7) is 1.77. The van der Waals surface area contributed by atoms with Crippen molar-refractivity contribution >= 4 is 11.4 Å². The minimum absolute atomic E-state index is 0.193. The summed E-state index contributed by atoms with van der Waals surface area (Å²) in [7, 11) is 0. The highest BCUT2D eigenvalue weighted by Crippen LogP contribution is 2.24. The molecular weight excluding hydrogens is 234 g/mol. The molecule has 0 heterocycles. The first-order valence-electron chi connectivity index (χ1n) is 5.33. The molecule has 0 fully saturated rings. The number of nitrogens with zero attached hydrogens (tertiary/aromatic N) is 1. The molecule has 0 radical (unpaired) electrons. The zero-order valence-corrected chi connectivity index (χ0v) is 9.67. The zero-order valence-electron chi connectivity index (χ0n) is 9.67. The second-order valence-electron chi connectivity index (χ2n) is 3.86. The Kier molecular flexibility index (Phi) is 3.24. The number of benzene rings is 2. The summed E-state index contributed by atoms with van der Waals surface area (Å²) in [5.74, 6) is -1.31. The third kappa shape index (κ3) is 2.30. The van der Waals surface area contributed by atoms with Gasteiger partial charge < -0.3 is 5.32 Å². The first-order chi connectivity index (χ1) is 8.61. The maximum Gasteiger partial charge on any atom is 0.149 e. The maximum absolute atomic E-state index is 13.4. The van der Waals surface area contributed by atoms with E-state index in [1.807, 2.05) is 6.07 Å². The van der Waals surface area contributed by atoms with Gasteiger partial charge in [0, 0.05) is 5.69 Å². The van der Waals surface area contributed by atoms with Gasteiger partial charge in [-0.15, -0.1) is 0 Å². The molecule has 0 aliphatic rings. The number of nitrogens with one attached hydrogen (secondary N) is 1. The Morgan fingerprint density at radius 2 is 1.78 bits per heavy atom. The number of rotatable bonds is 2. The van der Waals surface area contributed by atoms with Crippen molar-refractivity contribution in [3.05, 3.63) is 59.2 Å². The lowest BCUT2D eigenvalue weighted by Gasteiger charge is -2.09. The molecule has 2 aromatic carbocycles. The number of anilines is 2. The highest BCUT2D eigenvalue weighted by atomic mass is 19.1. The standard InChI is InChI=1S/C14H10F2N2/c1-9-7-11(6-5-10(9)8-17)18-14-12(15)3-2-4-13(14)16/h2-7,18H,1H3. The Hall–Kier alpha value is -2.41. The van der Waals surface area contributed by atoms with Crippen LogP contribution < -0.4 is 5.32 Å². The lowest BCUT2D eigenvalue weighted by Crippen LogP contribution is -1.98. The van der Waals surface area contributed by atoms with Gasteiger partial charge in [0.25, 0.3) is 0 Å². The smallest absolute Gasteiger partial charge is 0.149 e. The normalized spacial score (nSPS) is 9.89. The lowest BCUT2D eigenvalue weighted by atomic mass is 10.1. The van der Waals surface area contributed by atoms with Gasteiger partial charge in [0.15, 0.2) is 0 Å². The first-order valence-corrected chi connectivity index (χ1v) is 5.33. The summed E-state index contributed by atoms with van der Waals surface area (Å²) in [6.07, 6.45) is 0. The molecule has 0 aromatic heterocycles. The van der Waals surface area contributed by atoms with E-state index in [0.717, 1.165) is 5.56 Å². The summed E-state index contributed by atoms with van der Waals surface area (Å²) in [5.41, 5.74) is 1.63. The van der Waals surface area contributed by atoms with Crippen molar-refractivity contribution in [3.8, 4) is 6.07 Å². The summed E-state index contributed by atoms with van der Waals surface area (Å²) < 4.78 is 26.9. The quantitative estimate of drug-likeness (QED) is 0.869. The van der Waals surface area contributed by atoms with Crippen molar-refractivity contribution in [3.63, 3.8) is 0 Å². The van der Waals surface area contributed by atoms with E-state index in [1.54, 1.807) is 25.1 Å². The molecular formula is C14H10F2N2. The van der Waals surface area contributed by atoms with E-state index in [-0.39, 0.29) is 5.69 Å². The van der Waals surface area contributed by atoms with Gasteiger partial charge in [0.1, 0.15) is 17.3 Å². The molecule has 18 heavy (non-hydrogen) atoms. The van der Waals surface area contributed by atoms with Crippen LogP contribution in [0.3, 0.4) is 0 Å². The van der Waals surface area contributed by atoms with Crippen LogP contribution in [-0.2, 0) is 0 Å². The Labute approximate surface area is 103 Å². The number of hydrogen-bond acceptors (Lipinski definition) is 2. The SMILES string of the molecule is Cc1cc(Nc2c(F)cccc2F)ccc1C#N. The zero-order chi connectivity index (χ0) is 13.1. The van der Waals surface area contributed by atoms with Gasteiger partial charge in [-0.3, -0.25) is 0 Å². The van der Waals surface area contributed by atoms with E-state index >= 15 is 0 Å². The molecule has 2 rings (SSSR count). The second-order valence-corrected chi connectivity index (χ2v) is 3.86. The summed E-state index contributed by atoms with van der Waals surface area (Å²) >= 11 is 0. The van der Waals surface area contributed by atoms with E-state index in [4.69, 9.17) is 5.26 Å². The minimum atomic E-state index is -0.656. The van der Waals surface area contributed by atoms with Crippen molar-refractivity contribution in [2.75, 3.05) is 5.32 Å². The molecule has 90 valence electrons. The molecule has 0 spiro atoms. The van der Waals surface area contributed by atoms with Gasteiger partial charge in [-0.1, -0.05) is 6.07 Å². The molecule has 2 aromatic rings. The fraction of sp³-hybridized carbons (Fsp3) is 0.0714. The van der Waals surface area contributed by atoms with Crippen LogP contribution >= 0.6 is 0 Å². The van der Waals surface area contributed by atoms with Gasteiger partial charge in [-0.05, 0) is 42.8 Å². The third-order valence-corrected chi connectivity index (χ3v) is 2.58. The number of aryl methyl sites for hydroxylation is 1. The van der Waals surface area contributed by atoms with Crippen molar-refractivity contribution in [2.45, 2.75) is 6.92 Å². The van der Waals surface area contributed by atoms with Gasteiger partial charge in [-0.25, -0.2) is 8.78 Å². The van der Waals surface area contributed by atoms with Crippen LogP contribution in [0.5, 0.6) is 0 Å². The molecule has 0 aliphatic heterocycles. The van der Waals surface area contributed by atoms with Gasteiger partial charge in [0.05, 0.1) is 11.6 Å². The molecule has 4 heteroatoms. The monoisotopic (exact) mass is 244 g/mol. The number of nitriles is 1. The fourth-order valence-corrected chi connectivity index (χ4v) is 1.63. The first kappa shape index (κ1) is 12.1. The molecule has 0 bridgehead atoms. The van der Waals surface area contributed by atoms with Crippen LogP contribution in [0.15, 0.2) is 36.4 Å². The Balaban J connectivity index is 2.35. The average Bonchev–Trinajstić information content (AvgIpc) is 2.34. The summed E-state index contributed by atoms with van der Waals surface area (Å²) in [6, 6.07) is 10.6. The molecule has 0 saturated carbocycles. The van der Waals surface area contributed by atoms with Crippen LogP contribution in [0.2, 0.25) is 0 Å². The molecule has 0 unspecified atom stereocenters. The predicted molar refractivity (Wildman–Crippen MR) is 65.5 cm³/mol. The second kappa shape index (κ2) is 4.84. The highest BCUT2D eigenvalue weighted by Gasteiger charge is 2.08. The van der Waals surface area contributed by atoms with Gasteiger partial charge >= 0.3 is 0 Å². The van der Waals surface area contributed by atoms with Gasteiger partial charge in [0.2, 0.25) is 0 Å². The van der Waals surface area contributed by atoms with Crippen molar-refractivity contribution < 1.29 is 8.78 Å². The van der Waals surface area contributed by atoms with Crippen LogP contribution in [0.25, 0.3) is 0 Å². The van der Waals surface area contributed by atoms with E-state index in [2.05, 4.69) is 5.32 Å². The van der Waals surface area contributed by atoms with Crippen molar-refractivity contribution in [1.29, 1.82) is 5.26 Å². The van der Waals surface area contributed by atoms with E-state index in [9.17, 15) is 8.78 Å². The molecule has 0 amide bonds. The van der Waals surface area contributed by atoms with E-state index < -0.39 is 11.6 Å². The van der Waals surface area contributed by atoms with Crippen molar-refractivity contribution in [2.24, 2.45) is 0 Å². The Morgan fingerprint density at radius 1 is 1.11 bits per heavy atom. The largest absolute Gasteiger partial charge is 0.351 e. The number of hydrogen-bond donors (Lipinski definition) is 1. The molecule has 2 nitrogen and oxygen atoms in total. The summed E-state index contributed by atoms with van der Waals surface area (Å²) in [4.78, 5) is 0. The van der Waals surface area contributed by atoms with Crippen LogP contribution in [-0.4, -0.2) is 0 Å². The van der Waals surface area contributed by atoms with Crippen molar-refractivity contribution in [1.82, 2.24) is 0 Å². The molecule has 0 atom stereocenters. The van der Waals surface area contributed by atoms with Crippen LogP contribution in [0, 0.1) is 29.9 Å². The van der Waals surface area contributed by atoms with Gasteiger partial charge in [-0.2, -0.15) is 5.26 Å². The van der Waals surface area contributed by atoms with E-state index in [1.165, 1.54) is 18.2 Å². The predicted octanol–water partition coefficient (Wildman–Crippen LogP) is 3.89. The highest BCUT2D eigenvalue weighted by molar-refractivity contribution is 5.62. The third-order valence-electron chi connectivity index (χ3n) is 2.58.